The Morgan fingerprint density at radius 1 is 1.21 bits per heavy atom. The predicted octanol–water partition coefficient (Wildman–Crippen LogP) is 3.43. The van der Waals surface area contributed by atoms with Crippen molar-refractivity contribution in [2.24, 2.45) is 0 Å². The van der Waals surface area contributed by atoms with Gasteiger partial charge in [-0.1, -0.05) is 0 Å². The van der Waals surface area contributed by atoms with Crippen molar-refractivity contribution in [1.82, 2.24) is 15.4 Å². The Hall–Kier alpha value is -3.32. The van der Waals surface area contributed by atoms with Crippen LogP contribution in [-0.2, 0) is 20.7 Å². The molecule has 3 heterocycles. The maximum absolute atomic E-state index is 15.2. The zero-order chi connectivity index (χ0) is 27.4. The Morgan fingerprint density at radius 2 is 1.95 bits per heavy atom. The number of methoxy groups -OCH3 is 1. The fourth-order valence-corrected chi connectivity index (χ4v) is 4.72. The number of amides is 2. The summed E-state index contributed by atoms with van der Waals surface area (Å²) in [4.78, 5) is 32.1. The number of benzene rings is 1. The van der Waals surface area contributed by atoms with Crippen LogP contribution in [0.25, 0.3) is 0 Å². The summed E-state index contributed by atoms with van der Waals surface area (Å²) in [5.74, 6) is -0.497. The lowest BCUT2D eigenvalue weighted by atomic mass is 10.2. The number of cyclic esters (lactones) is 1. The molecule has 1 N–H and O–H groups in total. The van der Waals surface area contributed by atoms with Crippen molar-refractivity contribution < 1.29 is 32.3 Å². The molecule has 0 radical (unpaired) electrons. The molecule has 1 aromatic heterocycles. The van der Waals surface area contributed by atoms with Gasteiger partial charge in [0.1, 0.15) is 17.6 Å². The first-order chi connectivity index (χ1) is 18.2. The van der Waals surface area contributed by atoms with E-state index in [1.54, 1.807) is 18.7 Å². The summed E-state index contributed by atoms with van der Waals surface area (Å²) in [6.07, 6.45) is 0.412. The maximum atomic E-state index is 15.2. The van der Waals surface area contributed by atoms with Crippen molar-refractivity contribution in [1.29, 1.82) is 0 Å². The highest BCUT2D eigenvalue weighted by molar-refractivity contribution is 7.80. The third-order valence-electron chi connectivity index (χ3n) is 6.56. The van der Waals surface area contributed by atoms with E-state index in [2.05, 4.69) is 10.4 Å². The second kappa shape index (κ2) is 12.0. The normalized spacial score (nSPS) is 18.0. The third-order valence-corrected chi connectivity index (χ3v) is 6.93. The molecule has 0 aliphatic carbocycles. The zero-order valence-electron chi connectivity index (χ0n) is 21.6. The molecule has 2 fully saturated rings. The number of halogens is 2. The number of aromatic nitrogens is 1. The number of carbonyl (C=O) groups is 2. The van der Waals surface area contributed by atoms with Crippen LogP contribution in [-0.4, -0.2) is 73.0 Å². The summed E-state index contributed by atoms with van der Waals surface area (Å²) in [5.41, 5.74) is 3.65. The van der Waals surface area contributed by atoms with Crippen LogP contribution >= 0.6 is 12.2 Å². The van der Waals surface area contributed by atoms with Crippen LogP contribution < -0.4 is 15.2 Å². The molecule has 0 saturated carbocycles. The molecule has 2 amide bonds. The molecule has 10 nitrogen and oxygen atoms in total. The van der Waals surface area contributed by atoms with Crippen LogP contribution in [0.5, 0.6) is 0 Å². The molecule has 4 rings (SSSR count). The summed E-state index contributed by atoms with van der Waals surface area (Å²) in [5, 5.41) is 1.87. The monoisotopic (exact) mass is 551 g/mol. The molecule has 2 saturated heterocycles. The molecule has 2 aliphatic rings. The summed E-state index contributed by atoms with van der Waals surface area (Å²) in [6.45, 7) is 4.77. The molecule has 2 aromatic rings. The average Bonchev–Trinajstić information content (AvgIpc) is 3.30. The van der Waals surface area contributed by atoms with Gasteiger partial charge in [-0.25, -0.2) is 24.0 Å². The number of aryl methyl sites for hydroxylation is 3. The number of hydrogen-bond acceptors (Lipinski definition) is 9. The van der Waals surface area contributed by atoms with Gasteiger partial charge in [-0.2, -0.15) is 0 Å². The number of thiocarbonyl (C=S) groups is 1. The average molecular weight is 552 g/mol. The molecular weight excluding hydrogens is 520 g/mol. The number of anilines is 2. The van der Waals surface area contributed by atoms with Crippen molar-refractivity contribution in [3.63, 3.8) is 0 Å². The highest BCUT2D eigenvalue weighted by Gasteiger charge is 2.34. The lowest BCUT2D eigenvalue weighted by Gasteiger charge is -2.25. The second-order valence-electron chi connectivity index (χ2n) is 9.17. The van der Waals surface area contributed by atoms with Gasteiger partial charge >= 0.3 is 6.09 Å². The fourth-order valence-electron chi connectivity index (χ4n) is 4.61. The van der Waals surface area contributed by atoms with E-state index in [1.165, 1.54) is 17.0 Å². The second-order valence-corrected chi connectivity index (χ2v) is 9.62. The number of carbonyl (C=O) groups excluding carboxylic acids is 2. The van der Waals surface area contributed by atoms with Gasteiger partial charge in [-0.05, 0) is 25.6 Å². The summed E-state index contributed by atoms with van der Waals surface area (Å²) < 4.78 is 46.1. The first-order valence-electron chi connectivity index (χ1n) is 12.4. The molecular formula is C25H31F2N5O5S. The Bertz CT molecular complexity index is 1190. The van der Waals surface area contributed by atoms with E-state index in [0.29, 0.717) is 42.5 Å². The van der Waals surface area contributed by atoms with Crippen LogP contribution in [0, 0.1) is 25.5 Å². The Labute approximate surface area is 224 Å². The van der Waals surface area contributed by atoms with Gasteiger partial charge in [0.25, 0.3) is 0 Å². The third kappa shape index (κ3) is 6.38. The Kier molecular flexibility index (Phi) is 8.77. The van der Waals surface area contributed by atoms with Crippen molar-refractivity contribution >= 4 is 40.6 Å². The molecule has 13 heteroatoms. The van der Waals surface area contributed by atoms with Gasteiger partial charge in [-0.15, -0.1) is 0 Å². The number of nitrogens with zero attached hydrogens (tertiary/aromatic N) is 4. The molecule has 1 atom stereocenters. The van der Waals surface area contributed by atoms with Crippen molar-refractivity contribution in [3.05, 3.63) is 41.1 Å². The SMILES string of the molecule is COC(=S)CC[C@H]1CN(c2cc(F)c(N3CCNN(C(=O)CCc4nc(C)oc4C)CC3)c(F)c2)C(=O)O1. The molecule has 1 aromatic carbocycles. The highest BCUT2D eigenvalue weighted by atomic mass is 32.1. The van der Waals surface area contributed by atoms with E-state index < -0.39 is 23.8 Å². The van der Waals surface area contributed by atoms with Gasteiger partial charge < -0.3 is 18.8 Å². The van der Waals surface area contributed by atoms with E-state index in [0.717, 1.165) is 17.8 Å². The van der Waals surface area contributed by atoms with E-state index >= 15 is 8.78 Å². The first kappa shape index (κ1) is 27.7. The maximum Gasteiger partial charge on any atom is 0.414 e. The first-order valence-corrected chi connectivity index (χ1v) is 12.8. The van der Waals surface area contributed by atoms with Crippen molar-refractivity contribution in [2.75, 3.05) is 49.6 Å². The van der Waals surface area contributed by atoms with E-state index in [4.69, 9.17) is 26.1 Å². The number of nitrogens with one attached hydrogen (secondary N) is 1. The van der Waals surface area contributed by atoms with Crippen LogP contribution in [0.15, 0.2) is 16.5 Å². The van der Waals surface area contributed by atoms with Crippen LogP contribution in [0.3, 0.4) is 0 Å². The molecule has 38 heavy (non-hydrogen) atoms. The zero-order valence-corrected chi connectivity index (χ0v) is 22.4. The van der Waals surface area contributed by atoms with E-state index in [1.807, 2.05) is 0 Å². The van der Waals surface area contributed by atoms with Gasteiger partial charge in [0.2, 0.25) is 5.91 Å². The van der Waals surface area contributed by atoms with E-state index in [-0.39, 0.29) is 49.9 Å². The van der Waals surface area contributed by atoms with Crippen molar-refractivity contribution in [3.8, 4) is 0 Å². The number of rotatable bonds is 8. The quantitative estimate of drug-likeness (QED) is 0.495. The predicted molar refractivity (Wildman–Crippen MR) is 139 cm³/mol. The molecule has 0 unspecified atom stereocenters. The van der Waals surface area contributed by atoms with Gasteiger partial charge in [0.15, 0.2) is 22.6 Å². The molecule has 206 valence electrons. The summed E-state index contributed by atoms with van der Waals surface area (Å²) >= 11 is 5.01. The number of oxazole rings is 1. The smallest absolute Gasteiger partial charge is 0.414 e. The summed E-state index contributed by atoms with van der Waals surface area (Å²) in [7, 11) is 1.47. The van der Waals surface area contributed by atoms with Crippen LogP contribution in [0.1, 0.15) is 36.6 Å². The minimum absolute atomic E-state index is 0.0775. The highest BCUT2D eigenvalue weighted by Crippen LogP contribution is 2.32. The van der Waals surface area contributed by atoms with Gasteiger partial charge in [-0.3, -0.25) is 14.7 Å². The Balaban J connectivity index is 1.37. The van der Waals surface area contributed by atoms with Crippen LogP contribution in [0.4, 0.5) is 25.0 Å². The fraction of sp³-hybridized carbons (Fsp3) is 0.520. The minimum atomic E-state index is -0.798. The Morgan fingerprint density at radius 3 is 2.61 bits per heavy atom. The number of hydrazine groups is 1. The van der Waals surface area contributed by atoms with Crippen molar-refractivity contribution in [2.45, 2.75) is 45.6 Å². The largest absolute Gasteiger partial charge is 0.490 e. The topological polar surface area (TPSA) is 100 Å². The van der Waals surface area contributed by atoms with Gasteiger partial charge in [0, 0.05) is 58.0 Å². The minimum Gasteiger partial charge on any atom is -0.490 e. The van der Waals surface area contributed by atoms with E-state index in [9.17, 15) is 9.59 Å². The van der Waals surface area contributed by atoms with Crippen LogP contribution in [0.2, 0.25) is 0 Å². The lowest BCUT2D eigenvalue weighted by molar-refractivity contribution is -0.133. The standard InChI is InChI=1S/C25H31F2N5O5S/c1-15-21(29-16(2)36-15)5-6-22(33)32-11-10-30(9-8-28-32)24-19(26)12-17(13-20(24)27)31-14-18(37-25(31)34)4-7-23(38)35-3/h12-13,18,28H,4-11,14H2,1-3H3/t18-/m0/s1. The lowest BCUT2D eigenvalue weighted by Crippen LogP contribution is -2.43. The van der Waals surface area contributed by atoms with Gasteiger partial charge in [0.05, 0.1) is 31.6 Å². The molecule has 2 aliphatic heterocycles. The number of ether oxygens (including phenoxy) is 2. The number of hydrogen-bond donors (Lipinski definition) is 1. The molecule has 0 spiro atoms. The summed E-state index contributed by atoms with van der Waals surface area (Å²) in [6, 6.07) is 2.26. The molecule has 0 bridgehead atoms.